The van der Waals surface area contributed by atoms with Crippen LogP contribution in [0.15, 0.2) is 164 Å². The van der Waals surface area contributed by atoms with Gasteiger partial charge in [-0.3, -0.25) is 0 Å². The average molecular weight is 522 g/mol. The van der Waals surface area contributed by atoms with Gasteiger partial charge in [0.1, 0.15) is 0 Å². The first kappa shape index (κ1) is 23.5. The van der Waals surface area contributed by atoms with Crippen molar-refractivity contribution in [2.45, 2.75) is 0 Å². The van der Waals surface area contributed by atoms with E-state index in [-0.39, 0.29) is 0 Å². The van der Waals surface area contributed by atoms with Gasteiger partial charge in [0.2, 0.25) is 0 Å². The molecular formula is C40H27N. The molecule has 0 amide bonds. The molecule has 0 aliphatic rings. The molecular weight excluding hydrogens is 494 g/mol. The van der Waals surface area contributed by atoms with Gasteiger partial charge in [-0.25, -0.2) is 0 Å². The number of anilines is 3. The molecule has 0 fully saturated rings. The third kappa shape index (κ3) is 3.94. The fraction of sp³-hybridized carbons (Fsp3) is 0. The molecule has 0 bridgehead atoms. The Kier molecular flexibility index (Phi) is 5.53. The van der Waals surface area contributed by atoms with Gasteiger partial charge in [0, 0.05) is 16.8 Å². The Morgan fingerprint density at radius 1 is 0.341 bits per heavy atom. The number of para-hydroxylation sites is 1. The summed E-state index contributed by atoms with van der Waals surface area (Å²) in [6.07, 6.45) is 0. The second kappa shape index (κ2) is 9.66. The van der Waals surface area contributed by atoms with Crippen molar-refractivity contribution in [3.05, 3.63) is 164 Å². The number of nitrogens with zero attached hydrogens (tertiary/aromatic N) is 1. The number of hydrogen-bond acceptors (Lipinski definition) is 1. The number of benzene rings is 8. The molecule has 0 aliphatic carbocycles. The number of rotatable bonds is 4. The molecule has 0 N–H and O–H groups in total. The summed E-state index contributed by atoms with van der Waals surface area (Å²) in [6.45, 7) is 0. The van der Waals surface area contributed by atoms with E-state index in [1.165, 1.54) is 59.9 Å². The van der Waals surface area contributed by atoms with Crippen molar-refractivity contribution >= 4 is 60.2 Å². The second-order valence-electron chi connectivity index (χ2n) is 10.6. The van der Waals surface area contributed by atoms with Crippen molar-refractivity contribution in [2.24, 2.45) is 0 Å². The molecule has 8 aromatic rings. The summed E-state index contributed by atoms with van der Waals surface area (Å²) in [5, 5.41) is 10.1. The Morgan fingerprint density at radius 3 is 1.66 bits per heavy atom. The lowest BCUT2D eigenvalue weighted by molar-refractivity contribution is 1.30. The third-order valence-electron chi connectivity index (χ3n) is 8.21. The van der Waals surface area contributed by atoms with Gasteiger partial charge in [0.05, 0.1) is 5.69 Å². The van der Waals surface area contributed by atoms with E-state index in [4.69, 9.17) is 0 Å². The normalized spacial score (nSPS) is 11.4. The lowest BCUT2D eigenvalue weighted by atomic mass is 9.94. The van der Waals surface area contributed by atoms with E-state index in [9.17, 15) is 0 Å². The topological polar surface area (TPSA) is 3.24 Å². The van der Waals surface area contributed by atoms with Gasteiger partial charge < -0.3 is 4.90 Å². The molecule has 0 aliphatic heterocycles. The van der Waals surface area contributed by atoms with Crippen molar-refractivity contribution in [3.63, 3.8) is 0 Å². The Bertz CT molecular complexity index is 2170. The molecule has 8 rings (SSSR count). The van der Waals surface area contributed by atoms with Crippen molar-refractivity contribution in [1.29, 1.82) is 0 Å². The molecule has 0 atom stereocenters. The minimum Gasteiger partial charge on any atom is -0.310 e. The fourth-order valence-electron chi connectivity index (χ4n) is 6.31. The van der Waals surface area contributed by atoms with E-state index in [0.29, 0.717) is 0 Å². The van der Waals surface area contributed by atoms with Crippen molar-refractivity contribution in [1.82, 2.24) is 0 Å². The maximum atomic E-state index is 2.40. The average Bonchev–Trinajstić information content (AvgIpc) is 3.05. The minimum atomic E-state index is 1.13. The summed E-state index contributed by atoms with van der Waals surface area (Å²) >= 11 is 0. The highest BCUT2D eigenvalue weighted by atomic mass is 15.1. The Morgan fingerprint density at radius 2 is 0.902 bits per heavy atom. The van der Waals surface area contributed by atoms with Crippen LogP contribution in [-0.4, -0.2) is 0 Å². The third-order valence-corrected chi connectivity index (χ3v) is 8.21. The fourth-order valence-corrected chi connectivity index (χ4v) is 6.31. The summed E-state index contributed by atoms with van der Waals surface area (Å²) in [5.41, 5.74) is 5.91. The van der Waals surface area contributed by atoms with Gasteiger partial charge in [-0.2, -0.15) is 0 Å². The smallest absolute Gasteiger partial charge is 0.0546 e. The largest absolute Gasteiger partial charge is 0.310 e. The minimum absolute atomic E-state index is 1.13. The van der Waals surface area contributed by atoms with E-state index in [1.807, 2.05) is 0 Å². The van der Waals surface area contributed by atoms with E-state index in [2.05, 4.69) is 169 Å². The zero-order valence-corrected chi connectivity index (χ0v) is 22.5. The first-order valence-electron chi connectivity index (χ1n) is 14.1. The van der Waals surface area contributed by atoms with E-state index in [0.717, 1.165) is 11.4 Å². The van der Waals surface area contributed by atoms with Crippen LogP contribution in [0.1, 0.15) is 0 Å². The molecule has 41 heavy (non-hydrogen) atoms. The van der Waals surface area contributed by atoms with Crippen LogP contribution >= 0.6 is 0 Å². The number of fused-ring (bicyclic) bond motifs is 6. The summed E-state index contributed by atoms with van der Waals surface area (Å²) in [6, 6.07) is 59.2. The zero-order chi connectivity index (χ0) is 27.2. The molecule has 8 aromatic carbocycles. The maximum absolute atomic E-state index is 2.40. The highest BCUT2D eigenvalue weighted by Gasteiger charge is 2.18. The van der Waals surface area contributed by atoms with Crippen LogP contribution in [0.25, 0.3) is 54.2 Å². The maximum Gasteiger partial charge on any atom is 0.0546 e. The lowest BCUT2D eigenvalue weighted by Crippen LogP contribution is -2.10. The van der Waals surface area contributed by atoms with Gasteiger partial charge >= 0.3 is 0 Å². The van der Waals surface area contributed by atoms with E-state index >= 15 is 0 Å². The monoisotopic (exact) mass is 521 g/mol. The van der Waals surface area contributed by atoms with Crippen LogP contribution in [0.3, 0.4) is 0 Å². The molecule has 192 valence electrons. The summed E-state index contributed by atoms with van der Waals surface area (Å²) in [4.78, 5) is 2.40. The predicted molar refractivity (Wildman–Crippen MR) is 177 cm³/mol. The van der Waals surface area contributed by atoms with Crippen molar-refractivity contribution < 1.29 is 0 Å². The van der Waals surface area contributed by atoms with Gasteiger partial charge in [-0.1, -0.05) is 133 Å². The van der Waals surface area contributed by atoms with Crippen LogP contribution in [0.2, 0.25) is 0 Å². The molecule has 1 heteroatoms. The van der Waals surface area contributed by atoms with E-state index < -0.39 is 0 Å². The lowest BCUT2D eigenvalue weighted by Gasteiger charge is -2.28. The van der Waals surface area contributed by atoms with Gasteiger partial charge in [-0.15, -0.1) is 0 Å². The Hall–Kier alpha value is -5.40. The van der Waals surface area contributed by atoms with Gasteiger partial charge in [0.25, 0.3) is 0 Å². The first-order valence-corrected chi connectivity index (χ1v) is 14.1. The van der Waals surface area contributed by atoms with Crippen LogP contribution in [0, 0.1) is 0 Å². The molecule has 0 unspecified atom stereocenters. The first-order chi connectivity index (χ1) is 20.3. The zero-order valence-electron chi connectivity index (χ0n) is 22.5. The summed E-state index contributed by atoms with van der Waals surface area (Å²) in [5.74, 6) is 0. The number of hydrogen-bond donors (Lipinski definition) is 0. The molecule has 0 saturated heterocycles. The van der Waals surface area contributed by atoms with Crippen LogP contribution in [0.5, 0.6) is 0 Å². The molecule has 0 heterocycles. The molecule has 0 radical (unpaired) electrons. The molecule has 0 saturated carbocycles. The second-order valence-corrected chi connectivity index (χ2v) is 10.6. The highest BCUT2D eigenvalue weighted by molar-refractivity contribution is 6.24. The Balaban J connectivity index is 1.37. The predicted octanol–water partition coefficient (Wildman–Crippen LogP) is 11.4. The SMILES string of the molecule is c1ccc(N(c2ccc(-c3cccc4ccccc34)cc2)c2cc3ccccc3c3c2ccc2ccccc23)cc1. The van der Waals surface area contributed by atoms with Gasteiger partial charge in [-0.05, 0) is 79.2 Å². The van der Waals surface area contributed by atoms with E-state index in [1.54, 1.807) is 0 Å². The Labute approximate surface area is 239 Å². The molecule has 0 aromatic heterocycles. The summed E-state index contributed by atoms with van der Waals surface area (Å²) < 4.78 is 0. The standard InChI is InChI=1S/C40H27N/c1-2-15-32(16-3-1)41(33-24-21-30(22-25-33)35-20-10-14-28-11-4-7-17-34(28)35)39-27-31-13-6-9-19-37(31)40-36-18-8-5-12-29(36)23-26-38(39)40/h1-27H. The summed E-state index contributed by atoms with van der Waals surface area (Å²) in [7, 11) is 0. The molecule has 1 nitrogen and oxygen atoms in total. The molecule has 0 spiro atoms. The highest BCUT2D eigenvalue weighted by Crippen LogP contribution is 2.44. The van der Waals surface area contributed by atoms with Crippen molar-refractivity contribution in [3.8, 4) is 11.1 Å². The van der Waals surface area contributed by atoms with Crippen LogP contribution in [-0.2, 0) is 0 Å². The van der Waals surface area contributed by atoms with Crippen LogP contribution < -0.4 is 4.90 Å². The van der Waals surface area contributed by atoms with Crippen molar-refractivity contribution in [2.75, 3.05) is 4.90 Å². The van der Waals surface area contributed by atoms with Crippen LogP contribution in [0.4, 0.5) is 17.1 Å². The van der Waals surface area contributed by atoms with Gasteiger partial charge in [0.15, 0.2) is 0 Å². The quantitative estimate of drug-likeness (QED) is 0.208.